The summed E-state index contributed by atoms with van der Waals surface area (Å²) < 4.78 is 24.6. The third kappa shape index (κ3) is 5.45. The Balaban J connectivity index is 1.54. The highest BCUT2D eigenvalue weighted by atomic mass is 32.2. The van der Waals surface area contributed by atoms with E-state index in [0.29, 0.717) is 33.6 Å². The second-order valence-corrected chi connectivity index (χ2v) is 6.87. The number of benzene rings is 2. The fraction of sp³-hybridized carbons (Fsp3) is 0.222. The van der Waals surface area contributed by atoms with Gasteiger partial charge in [-0.05, 0) is 61.4 Å². The van der Waals surface area contributed by atoms with Crippen molar-refractivity contribution in [2.75, 3.05) is 10.6 Å². The Morgan fingerprint density at radius 3 is 2.04 bits per heavy atom. The van der Waals surface area contributed by atoms with E-state index in [9.17, 15) is 18.4 Å². The Kier molecular flexibility index (Phi) is 5.72. The molecule has 1 aliphatic carbocycles. The fourth-order valence-corrected chi connectivity index (χ4v) is 2.71. The maximum Gasteiger partial charge on any atom is 0.319 e. The lowest BCUT2D eigenvalue weighted by Gasteiger charge is -2.09. The first kappa shape index (κ1) is 18.2. The molecule has 0 aliphatic heterocycles. The standard InChI is InChI=1S/C18H17F2N3O2S/c19-17(20)26-15-9-1-11(2-10-15)16(24)21-12-3-5-13(6-4-12)22-18(25)23-14-7-8-14/h1-6,9-10,14,17H,7-8H2,(H,21,24)(H2,22,23,25). The molecule has 1 aliphatic rings. The molecule has 2 aromatic carbocycles. The number of alkyl halides is 2. The summed E-state index contributed by atoms with van der Waals surface area (Å²) >= 11 is 0.432. The van der Waals surface area contributed by atoms with Crippen molar-refractivity contribution in [1.29, 1.82) is 0 Å². The first-order chi connectivity index (χ1) is 12.5. The number of carbonyl (C=O) groups excluding carboxylic acids is 2. The van der Waals surface area contributed by atoms with Crippen LogP contribution in [0.25, 0.3) is 0 Å². The molecule has 3 amide bonds. The first-order valence-corrected chi connectivity index (χ1v) is 8.91. The molecular formula is C18H17F2N3O2S. The lowest BCUT2D eigenvalue weighted by atomic mass is 10.2. The van der Waals surface area contributed by atoms with Crippen molar-refractivity contribution >= 4 is 35.1 Å². The Morgan fingerprint density at radius 1 is 0.923 bits per heavy atom. The number of rotatable bonds is 6. The minimum atomic E-state index is -2.49. The lowest BCUT2D eigenvalue weighted by molar-refractivity contribution is 0.102. The molecule has 8 heteroatoms. The number of carbonyl (C=O) groups is 2. The molecular weight excluding hydrogens is 360 g/mol. The molecule has 0 saturated heterocycles. The molecule has 0 bridgehead atoms. The summed E-state index contributed by atoms with van der Waals surface area (Å²) in [6, 6.07) is 12.7. The monoisotopic (exact) mass is 377 g/mol. The van der Waals surface area contributed by atoms with E-state index in [1.54, 1.807) is 24.3 Å². The summed E-state index contributed by atoms with van der Waals surface area (Å²) in [6.45, 7) is 0. The molecule has 3 N–H and O–H groups in total. The van der Waals surface area contributed by atoms with Crippen molar-refractivity contribution in [3.63, 3.8) is 0 Å². The number of nitrogens with one attached hydrogen (secondary N) is 3. The van der Waals surface area contributed by atoms with Crippen molar-refractivity contribution in [2.45, 2.75) is 29.5 Å². The Labute approximate surface area is 153 Å². The van der Waals surface area contributed by atoms with Gasteiger partial charge >= 0.3 is 6.03 Å². The van der Waals surface area contributed by atoms with Gasteiger partial charge in [0.25, 0.3) is 11.7 Å². The van der Waals surface area contributed by atoms with E-state index >= 15 is 0 Å². The van der Waals surface area contributed by atoms with Crippen LogP contribution < -0.4 is 16.0 Å². The Morgan fingerprint density at radius 2 is 1.50 bits per heavy atom. The van der Waals surface area contributed by atoms with Gasteiger partial charge in [0, 0.05) is 27.9 Å². The third-order valence-electron chi connectivity index (χ3n) is 3.65. The van der Waals surface area contributed by atoms with Crippen LogP contribution in [-0.4, -0.2) is 23.7 Å². The molecule has 0 atom stereocenters. The highest BCUT2D eigenvalue weighted by Gasteiger charge is 2.23. The quantitative estimate of drug-likeness (QED) is 0.648. The van der Waals surface area contributed by atoms with Gasteiger partial charge in [0.1, 0.15) is 0 Å². The van der Waals surface area contributed by atoms with E-state index in [-0.39, 0.29) is 18.0 Å². The summed E-state index contributed by atoms with van der Waals surface area (Å²) in [5, 5.41) is 8.26. The van der Waals surface area contributed by atoms with Gasteiger partial charge in [0.15, 0.2) is 0 Å². The number of hydrogen-bond donors (Lipinski definition) is 3. The molecule has 0 aromatic heterocycles. The molecule has 3 rings (SSSR count). The number of halogens is 2. The maximum atomic E-state index is 12.3. The molecule has 0 spiro atoms. The molecule has 2 aromatic rings. The molecule has 0 radical (unpaired) electrons. The van der Waals surface area contributed by atoms with E-state index in [0.717, 1.165) is 12.8 Å². The van der Waals surface area contributed by atoms with Crippen LogP contribution in [0, 0.1) is 0 Å². The zero-order valence-electron chi connectivity index (χ0n) is 13.7. The molecule has 0 unspecified atom stereocenters. The highest BCUT2D eigenvalue weighted by Crippen LogP contribution is 2.25. The molecule has 26 heavy (non-hydrogen) atoms. The van der Waals surface area contributed by atoms with Gasteiger partial charge in [-0.2, -0.15) is 8.78 Å². The van der Waals surface area contributed by atoms with Gasteiger partial charge < -0.3 is 16.0 Å². The third-order valence-corrected chi connectivity index (χ3v) is 4.38. The zero-order chi connectivity index (χ0) is 18.5. The van der Waals surface area contributed by atoms with Crippen LogP contribution >= 0.6 is 11.8 Å². The van der Waals surface area contributed by atoms with Gasteiger partial charge in [-0.25, -0.2) is 4.79 Å². The number of hydrogen-bond acceptors (Lipinski definition) is 3. The van der Waals surface area contributed by atoms with Crippen LogP contribution in [0.2, 0.25) is 0 Å². The second-order valence-electron chi connectivity index (χ2n) is 5.81. The predicted molar refractivity (Wildman–Crippen MR) is 97.9 cm³/mol. The molecule has 5 nitrogen and oxygen atoms in total. The molecule has 0 heterocycles. The van der Waals surface area contributed by atoms with Crippen molar-refractivity contribution in [3.05, 3.63) is 54.1 Å². The number of anilines is 2. The average Bonchev–Trinajstić information content (AvgIpc) is 3.40. The van der Waals surface area contributed by atoms with Gasteiger partial charge in [-0.1, -0.05) is 11.8 Å². The van der Waals surface area contributed by atoms with E-state index < -0.39 is 5.76 Å². The van der Waals surface area contributed by atoms with E-state index in [2.05, 4.69) is 16.0 Å². The minimum Gasteiger partial charge on any atom is -0.335 e. The van der Waals surface area contributed by atoms with E-state index in [4.69, 9.17) is 0 Å². The summed E-state index contributed by atoms with van der Waals surface area (Å²) in [7, 11) is 0. The van der Waals surface area contributed by atoms with E-state index in [1.165, 1.54) is 24.3 Å². The summed E-state index contributed by atoms with van der Waals surface area (Å²) in [5.41, 5.74) is 1.55. The second kappa shape index (κ2) is 8.18. The van der Waals surface area contributed by atoms with Gasteiger partial charge in [0.2, 0.25) is 0 Å². The molecule has 1 saturated carbocycles. The van der Waals surface area contributed by atoms with Crippen molar-refractivity contribution in [3.8, 4) is 0 Å². The topological polar surface area (TPSA) is 70.2 Å². The Bertz CT molecular complexity index is 778. The maximum absolute atomic E-state index is 12.3. The van der Waals surface area contributed by atoms with E-state index in [1.807, 2.05) is 0 Å². The van der Waals surface area contributed by atoms with Crippen LogP contribution in [0.15, 0.2) is 53.4 Å². The molecule has 1 fully saturated rings. The Hall–Kier alpha value is -2.61. The van der Waals surface area contributed by atoms with Crippen LogP contribution in [0.5, 0.6) is 0 Å². The average molecular weight is 377 g/mol. The summed E-state index contributed by atoms with van der Waals surface area (Å²) in [4.78, 5) is 24.3. The van der Waals surface area contributed by atoms with Crippen LogP contribution in [-0.2, 0) is 0 Å². The number of amides is 3. The normalized spacial score (nSPS) is 13.3. The SMILES string of the molecule is O=C(Nc1ccc(NC(=O)c2ccc(SC(F)F)cc2)cc1)NC1CC1. The summed E-state index contributed by atoms with van der Waals surface area (Å²) in [5.74, 6) is -2.83. The minimum absolute atomic E-state index is 0.244. The van der Waals surface area contributed by atoms with Crippen molar-refractivity contribution in [2.24, 2.45) is 0 Å². The van der Waals surface area contributed by atoms with Crippen LogP contribution in [0.4, 0.5) is 25.0 Å². The van der Waals surface area contributed by atoms with Crippen molar-refractivity contribution in [1.82, 2.24) is 5.32 Å². The number of urea groups is 1. The summed E-state index contributed by atoms with van der Waals surface area (Å²) in [6.07, 6.45) is 2.03. The van der Waals surface area contributed by atoms with Crippen LogP contribution in [0.1, 0.15) is 23.2 Å². The smallest absolute Gasteiger partial charge is 0.319 e. The van der Waals surface area contributed by atoms with Gasteiger partial charge in [-0.3, -0.25) is 4.79 Å². The van der Waals surface area contributed by atoms with Gasteiger partial charge in [-0.15, -0.1) is 0 Å². The molecule has 136 valence electrons. The first-order valence-electron chi connectivity index (χ1n) is 8.03. The fourth-order valence-electron chi connectivity index (χ4n) is 2.21. The highest BCUT2D eigenvalue weighted by molar-refractivity contribution is 7.99. The number of thioether (sulfide) groups is 1. The lowest BCUT2D eigenvalue weighted by Crippen LogP contribution is -2.30. The van der Waals surface area contributed by atoms with Gasteiger partial charge in [0.05, 0.1) is 0 Å². The largest absolute Gasteiger partial charge is 0.335 e. The van der Waals surface area contributed by atoms with Crippen molar-refractivity contribution < 1.29 is 18.4 Å². The predicted octanol–water partition coefficient (Wildman–Crippen LogP) is 4.54. The van der Waals surface area contributed by atoms with Crippen LogP contribution in [0.3, 0.4) is 0 Å². The zero-order valence-corrected chi connectivity index (χ0v) is 14.5.